The van der Waals surface area contributed by atoms with E-state index in [4.69, 9.17) is 15.2 Å². The zero-order chi connectivity index (χ0) is 15.2. The predicted octanol–water partition coefficient (Wildman–Crippen LogP) is 0.799. The molecule has 0 radical (unpaired) electrons. The summed E-state index contributed by atoms with van der Waals surface area (Å²) < 4.78 is 36.7. The first-order chi connectivity index (χ1) is 9.47. The van der Waals surface area contributed by atoms with Crippen LogP contribution >= 0.6 is 11.3 Å². The monoisotopic (exact) mass is 322 g/mol. The highest BCUT2D eigenvalue weighted by molar-refractivity contribution is 7.89. The Kier molecular flexibility index (Phi) is 7.07. The van der Waals surface area contributed by atoms with Crippen molar-refractivity contribution in [1.29, 1.82) is 0 Å². The van der Waals surface area contributed by atoms with Gasteiger partial charge in [0.15, 0.2) is 0 Å². The van der Waals surface area contributed by atoms with Crippen LogP contribution in [0.1, 0.15) is 9.75 Å². The van der Waals surface area contributed by atoms with Gasteiger partial charge in [-0.1, -0.05) is 0 Å². The number of thiophene rings is 1. The van der Waals surface area contributed by atoms with Crippen molar-refractivity contribution in [2.24, 2.45) is 5.73 Å². The lowest BCUT2D eigenvalue weighted by Gasteiger charge is -2.21. The summed E-state index contributed by atoms with van der Waals surface area (Å²) >= 11 is 1.41. The van der Waals surface area contributed by atoms with Gasteiger partial charge in [-0.05, 0) is 13.0 Å². The highest BCUT2D eigenvalue weighted by atomic mass is 32.2. The molecule has 0 amide bonds. The second-order valence-corrected chi connectivity index (χ2v) is 7.47. The van der Waals surface area contributed by atoms with Gasteiger partial charge in [0.05, 0.1) is 18.1 Å². The maximum absolute atomic E-state index is 12.7. The number of hydrogen-bond donors (Lipinski definition) is 1. The highest BCUT2D eigenvalue weighted by Crippen LogP contribution is 2.27. The minimum absolute atomic E-state index is 0.301. The van der Waals surface area contributed by atoms with E-state index < -0.39 is 10.0 Å². The number of rotatable bonds is 9. The second kappa shape index (κ2) is 8.06. The normalized spacial score (nSPS) is 12.2. The second-order valence-electron chi connectivity index (χ2n) is 4.23. The van der Waals surface area contributed by atoms with E-state index in [9.17, 15) is 8.42 Å². The third kappa shape index (κ3) is 4.24. The van der Waals surface area contributed by atoms with Crippen LogP contribution in [0.4, 0.5) is 0 Å². The van der Waals surface area contributed by atoms with Gasteiger partial charge in [0.25, 0.3) is 0 Å². The lowest BCUT2D eigenvalue weighted by atomic mass is 10.4. The fraction of sp³-hybridized carbons (Fsp3) is 0.667. The van der Waals surface area contributed by atoms with Gasteiger partial charge >= 0.3 is 0 Å². The maximum Gasteiger partial charge on any atom is 0.244 e. The summed E-state index contributed by atoms with van der Waals surface area (Å²) in [4.78, 5) is 1.94. The van der Waals surface area contributed by atoms with Gasteiger partial charge < -0.3 is 15.2 Å². The molecule has 0 bridgehead atoms. The molecule has 0 saturated heterocycles. The molecule has 6 nitrogen and oxygen atoms in total. The summed E-state index contributed by atoms with van der Waals surface area (Å²) in [6.45, 7) is 3.43. The molecule has 0 aliphatic heterocycles. The maximum atomic E-state index is 12.7. The molecule has 1 aromatic rings. The van der Waals surface area contributed by atoms with E-state index in [1.165, 1.54) is 15.6 Å². The first-order valence-electron chi connectivity index (χ1n) is 6.24. The van der Waals surface area contributed by atoms with E-state index in [1.54, 1.807) is 27.2 Å². The molecule has 1 rings (SSSR count). The number of aryl methyl sites for hydroxylation is 1. The molecule has 0 spiro atoms. The molecule has 0 saturated carbocycles. The highest BCUT2D eigenvalue weighted by Gasteiger charge is 2.27. The van der Waals surface area contributed by atoms with E-state index >= 15 is 0 Å². The quantitative estimate of drug-likeness (QED) is 0.727. The van der Waals surface area contributed by atoms with Crippen LogP contribution in [-0.4, -0.2) is 53.2 Å². The molecule has 116 valence electrons. The van der Waals surface area contributed by atoms with E-state index in [1.807, 2.05) is 0 Å². The molecule has 0 aliphatic rings. The largest absolute Gasteiger partial charge is 0.383 e. The fourth-order valence-electron chi connectivity index (χ4n) is 1.76. The fourth-order valence-corrected chi connectivity index (χ4v) is 4.65. The van der Waals surface area contributed by atoms with Crippen molar-refractivity contribution in [2.75, 3.05) is 40.5 Å². The minimum Gasteiger partial charge on any atom is -0.383 e. The van der Waals surface area contributed by atoms with Gasteiger partial charge in [-0.3, -0.25) is 0 Å². The Hall–Kier alpha value is -0.510. The number of methoxy groups -OCH3 is 2. The molecule has 8 heteroatoms. The third-order valence-electron chi connectivity index (χ3n) is 2.83. The molecule has 0 fully saturated rings. The Morgan fingerprint density at radius 2 is 1.80 bits per heavy atom. The van der Waals surface area contributed by atoms with Crippen LogP contribution in [0.3, 0.4) is 0 Å². The van der Waals surface area contributed by atoms with Gasteiger partial charge in [0.2, 0.25) is 10.0 Å². The van der Waals surface area contributed by atoms with Gasteiger partial charge in [-0.15, -0.1) is 11.3 Å². The molecule has 1 heterocycles. The van der Waals surface area contributed by atoms with Crippen LogP contribution in [0.25, 0.3) is 0 Å². The average molecular weight is 322 g/mol. The van der Waals surface area contributed by atoms with Crippen molar-refractivity contribution in [3.63, 3.8) is 0 Å². The van der Waals surface area contributed by atoms with Crippen LogP contribution in [-0.2, 0) is 26.0 Å². The summed E-state index contributed by atoms with van der Waals surface area (Å²) in [5.41, 5.74) is 5.57. The van der Waals surface area contributed by atoms with Crippen molar-refractivity contribution < 1.29 is 17.9 Å². The summed E-state index contributed by atoms with van der Waals surface area (Å²) in [7, 11) is -0.447. The first-order valence-corrected chi connectivity index (χ1v) is 8.50. The first kappa shape index (κ1) is 17.5. The van der Waals surface area contributed by atoms with Crippen LogP contribution in [0.15, 0.2) is 11.0 Å². The van der Waals surface area contributed by atoms with Crippen molar-refractivity contribution >= 4 is 21.4 Å². The lowest BCUT2D eigenvalue weighted by molar-refractivity contribution is 0.150. The Morgan fingerprint density at radius 3 is 2.20 bits per heavy atom. The van der Waals surface area contributed by atoms with Crippen LogP contribution in [0.2, 0.25) is 0 Å². The molecule has 0 aliphatic carbocycles. The number of ether oxygens (including phenoxy) is 2. The summed E-state index contributed by atoms with van der Waals surface area (Å²) in [6.07, 6.45) is 0. The minimum atomic E-state index is -3.54. The van der Waals surface area contributed by atoms with Crippen molar-refractivity contribution in [3.8, 4) is 0 Å². The van der Waals surface area contributed by atoms with Crippen LogP contribution in [0.5, 0.6) is 0 Å². The summed E-state index contributed by atoms with van der Waals surface area (Å²) in [5.74, 6) is 0. The molecular weight excluding hydrogens is 300 g/mol. The molecule has 0 unspecified atom stereocenters. The molecule has 0 aromatic carbocycles. The molecule has 1 aromatic heterocycles. The van der Waals surface area contributed by atoms with E-state index in [2.05, 4.69) is 0 Å². The Morgan fingerprint density at radius 1 is 1.25 bits per heavy atom. The van der Waals surface area contributed by atoms with E-state index in [0.29, 0.717) is 37.7 Å². The Balaban J connectivity index is 3.03. The van der Waals surface area contributed by atoms with E-state index in [0.717, 1.165) is 9.75 Å². The third-order valence-corrected chi connectivity index (χ3v) is 6.06. The molecular formula is C12H22N2O4S2. The SMILES string of the molecule is COCCN(CCOC)S(=O)(=O)c1cc(CN)sc1C. The standard InChI is InChI=1S/C12H22N2O4S2/c1-10-12(8-11(9-13)19-10)20(15,16)14(4-6-17-2)5-7-18-3/h8H,4-7,9,13H2,1-3H3. The average Bonchev–Trinajstić information content (AvgIpc) is 2.80. The zero-order valence-electron chi connectivity index (χ0n) is 12.1. The number of hydrogen-bond acceptors (Lipinski definition) is 6. The van der Waals surface area contributed by atoms with Gasteiger partial charge in [-0.25, -0.2) is 8.42 Å². The van der Waals surface area contributed by atoms with Gasteiger partial charge in [0.1, 0.15) is 0 Å². The van der Waals surface area contributed by atoms with Crippen LogP contribution in [0, 0.1) is 6.92 Å². The smallest absolute Gasteiger partial charge is 0.244 e. The predicted molar refractivity (Wildman–Crippen MR) is 79.5 cm³/mol. The van der Waals surface area contributed by atoms with Crippen molar-refractivity contribution in [2.45, 2.75) is 18.4 Å². The van der Waals surface area contributed by atoms with Gasteiger partial charge in [0, 0.05) is 43.6 Å². The molecule has 2 N–H and O–H groups in total. The molecule has 0 atom stereocenters. The van der Waals surface area contributed by atoms with Crippen LogP contribution < -0.4 is 5.73 Å². The summed E-state index contributed by atoms with van der Waals surface area (Å²) in [6, 6.07) is 1.65. The lowest BCUT2D eigenvalue weighted by Crippen LogP contribution is -2.36. The number of nitrogens with zero attached hydrogens (tertiary/aromatic N) is 1. The van der Waals surface area contributed by atoms with Gasteiger partial charge in [-0.2, -0.15) is 4.31 Å². The zero-order valence-corrected chi connectivity index (χ0v) is 13.7. The Labute approximate surface area is 124 Å². The summed E-state index contributed by atoms with van der Waals surface area (Å²) in [5, 5.41) is 0. The van der Waals surface area contributed by atoms with Crippen molar-refractivity contribution in [3.05, 3.63) is 15.8 Å². The number of sulfonamides is 1. The molecule has 20 heavy (non-hydrogen) atoms. The van der Waals surface area contributed by atoms with Crippen molar-refractivity contribution in [1.82, 2.24) is 4.31 Å². The topological polar surface area (TPSA) is 81.9 Å². The van der Waals surface area contributed by atoms with E-state index in [-0.39, 0.29) is 0 Å². The Bertz CT molecular complexity index is 506. The number of nitrogens with two attached hydrogens (primary N) is 1.